The van der Waals surface area contributed by atoms with Crippen molar-refractivity contribution in [1.29, 1.82) is 0 Å². The molecule has 0 unspecified atom stereocenters. The molecule has 0 aliphatic carbocycles. The third kappa shape index (κ3) is 5.28. The van der Waals surface area contributed by atoms with Crippen molar-refractivity contribution < 1.29 is 19.1 Å². The highest BCUT2D eigenvalue weighted by Crippen LogP contribution is 2.12. The minimum absolute atomic E-state index is 0.339. The number of hydrogen-bond donors (Lipinski definition) is 0. The standard InChI is InChI=1S/C20H18O4S2/c21-19(23-11-9-17-3-1-13-25-17)15-5-7-16(8-6-15)20(22)24-12-10-18-4-2-14-26-18/h1-8,13-14H,9-12H2. The number of thiophene rings is 2. The largest absolute Gasteiger partial charge is 0.462 e. The van der Waals surface area contributed by atoms with E-state index in [0.717, 1.165) is 0 Å². The van der Waals surface area contributed by atoms with Crippen molar-refractivity contribution in [3.05, 3.63) is 80.2 Å². The summed E-state index contributed by atoms with van der Waals surface area (Å²) in [5, 5.41) is 3.99. The molecule has 26 heavy (non-hydrogen) atoms. The van der Waals surface area contributed by atoms with Gasteiger partial charge in [0.05, 0.1) is 24.3 Å². The van der Waals surface area contributed by atoms with Gasteiger partial charge >= 0.3 is 11.9 Å². The topological polar surface area (TPSA) is 52.6 Å². The van der Waals surface area contributed by atoms with Gasteiger partial charge in [-0.25, -0.2) is 9.59 Å². The van der Waals surface area contributed by atoms with Crippen LogP contribution in [0, 0.1) is 0 Å². The molecule has 0 radical (unpaired) electrons. The fourth-order valence-electron chi connectivity index (χ4n) is 2.31. The van der Waals surface area contributed by atoms with Crippen LogP contribution in [0.4, 0.5) is 0 Å². The van der Waals surface area contributed by atoms with Crippen molar-refractivity contribution in [3.63, 3.8) is 0 Å². The smallest absolute Gasteiger partial charge is 0.338 e. The van der Waals surface area contributed by atoms with E-state index in [4.69, 9.17) is 9.47 Å². The molecule has 0 aliphatic heterocycles. The molecular formula is C20H18O4S2. The van der Waals surface area contributed by atoms with Crippen LogP contribution in [-0.4, -0.2) is 25.2 Å². The molecule has 1 aromatic carbocycles. The number of rotatable bonds is 8. The van der Waals surface area contributed by atoms with Crippen LogP contribution in [0.3, 0.4) is 0 Å². The van der Waals surface area contributed by atoms with Crippen molar-refractivity contribution in [3.8, 4) is 0 Å². The van der Waals surface area contributed by atoms with E-state index in [2.05, 4.69) is 0 Å². The summed E-state index contributed by atoms with van der Waals surface area (Å²) in [6.45, 7) is 0.678. The van der Waals surface area contributed by atoms with E-state index in [0.29, 0.717) is 37.2 Å². The molecule has 0 atom stereocenters. The van der Waals surface area contributed by atoms with Gasteiger partial charge in [-0.1, -0.05) is 12.1 Å². The first-order chi connectivity index (χ1) is 12.7. The van der Waals surface area contributed by atoms with Crippen LogP contribution in [0.25, 0.3) is 0 Å². The second-order valence-corrected chi connectivity index (χ2v) is 7.57. The second kappa shape index (κ2) is 9.31. The first-order valence-corrected chi connectivity index (χ1v) is 9.97. The molecule has 2 aromatic heterocycles. The quantitative estimate of drug-likeness (QED) is 0.531. The lowest BCUT2D eigenvalue weighted by Crippen LogP contribution is -2.10. The summed E-state index contributed by atoms with van der Waals surface area (Å²) >= 11 is 3.28. The van der Waals surface area contributed by atoms with Gasteiger partial charge in [-0.3, -0.25) is 0 Å². The predicted octanol–water partition coefficient (Wildman–Crippen LogP) is 4.61. The molecule has 0 saturated carbocycles. The van der Waals surface area contributed by atoms with Crippen LogP contribution < -0.4 is 0 Å². The van der Waals surface area contributed by atoms with Gasteiger partial charge in [0.25, 0.3) is 0 Å². The highest BCUT2D eigenvalue weighted by atomic mass is 32.1. The lowest BCUT2D eigenvalue weighted by atomic mass is 10.1. The zero-order valence-electron chi connectivity index (χ0n) is 14.1. The van der Waals surface area contributed by atoms with Crippen molar-refractivity contribution in [1.82, 2.24) is 0 Å². The number of carbonyl (C=O) groups is 2. The van der Waals surface area contributed by atoms with Crippen LogP contribution >= 0.6 is 22.7 Å². The van der Waals surface area contributed by atoms with Crippen molar-refractivity contribution in [2.75, 3.05) is 13.2 Å². The van der Waals surface area contributed by atoms with Gasteiger partial charge in [0.1, 0.15) is 0 Å². The average Bonchev–Trinajstić information content (AvgIpc) is 3.36. The molecule has 0 bridgehead atoms. The van der Waals surface area contributed by atoms with Gasteiger partial charge in [-0.05, 0) is 47.2 Å². The summed E-state index contributed by atoms with van der Waals surface area (Å²) in [4.78, 5) is 26.4. The third-order valence-corrected chi connectivity index (χ3v) is 5.55. The van der Waals surface area contributed by atoms with E-state index in [9.17, 15) is 9.59 Å². The summed E-state index contributed by atoms with van der Waals surface area (Å²) in [7, 11) is 0. The minimum Gasteiger partial charge on any atom is -0.462 e. The molecule has 3 rings (SSSR count). The van der Waals surface area contributed by atoms with Crippen molar-refractivity contribution in [2.24, 2.45) is 0 Å². The van der Waals surface area contributed by atoms with Gasteiger partial charge in [-0.2, -0.15) is 0 Å². The van der Waals surface area contributed by atoms with Crippen LogP contribution in [-0.2, 0) is 22.3 Å². The maximum atomic E-state index is 12.0. The Hall–Kier alpha value is -2.44. The number of ether oxygens (including phenoxy) is 2. The maximum Gasteiger partial charge on any atom is 0.338 e. The highest BCUT2D eigenvalue weighted by Gasteiger charge is 2.11. The van der Waals surface area contributed by atoms with Gasteiger partial charge < -0.3 is 9.47 Å². The molecular weight excluding hydrogens is 368 g/mol. The van der Waals surface area contributed by atoms with E-state index < -0.39 is 0 Å². The zero-order chi connectivity index (χ0) is 18.2. The van der Waals surface area contributed by atoms with Gasteiger partial charge in [0.2, 0.25) is 0 Å². The Labute approximate surface area is 160 Å². The summed E-state index contributed by atoms with van der Waals surface area (Å²) in [6, 6.07) is 14.3. The Balaban J connectivity index is 1.44. The average molecular weight is 386 g/mol. The Morgan fingerprint density at radius 2 is 1.12 bits per heavy atom. The molecule has 0 aliphatic rings. The molecule has 4 nitrogen and oxygen atoms in total. The molecule has 0 N–H and O–H groups in total. The summed E-state index contributed by atoms with van der Waals surface area (Å²) in [5.41, 5.74) is 0.845. The first kappa shape index (κ1) is 18.4. The lowest BCUT2D eigenvalue weighted by Gasteiger charge is -2.06. The maximum absolute atomic E-state index is 12.0. The van der Waals surface area contributed by atoms with Gasteiger partial charge in [0, 0.05) is 22.6 Å². The Bertz CT molecular complexity index is 750. The fourth-order valence-corrected chi connectivity index (χ4v) is 3.69. The number of carbonyl (C=O) groups excluding carboxylic acids is 2. The van der Waals surface area contributed by atoms with Crippen molar-refractivity contribution >= 4 is 34.6 Å². The van der Waals surface area contributed by atoms with E-state index in [1.165, 1.54) is 9.75 Å². The normalized spacial score (nSPS) is 10.5. The number of benzene rings is 1. The Kier molecular flexibility index (Phi) is 6.57. The molecule has 0 spiro atoms. The van der Waals surface area contributed by atoms with Gasteiger partial charge in [0.15, 0.2) is 0 Å². The second-order valence-electron chi connectivity index (χ2n) is 5.51. The predicted molar refractivity (Wildman–Crippen MR) is 103 cm³/mol. The molecule has 134 valence electrons. The first-order valence-electron chi connectivity index (χ1n) is 8.21. The SMILES string of the molecule is O=C(OCCc1cccs1)c1ccc(C(=O)OCCc2cccs2)cc1. The Morgan fingerprint density at radius 1 is 0.692 bits per heavy atom. The highest BCUT2D eigenvalue weighted by molar-refractivity contribution is 7.10. The monoisotopic (exact) mass is 386 g/mol. The summed E-state index contributed by atoms with van der Waals surface area (Å²) in [5.74, 6) is -0.779. The van der Waals surface area contributed by atoms with Crippen LogP contribution in [0.5, 0.6) is 0 Å². The number of hydrogen-bond acceptors (Lipinski definition) is 6. The zero-order valence-corrected chi connectivity index (χ0v) is 15.7. The molecule has 0 saturated heterocycles. The lowest BCUT2D eigenvalue weighted by molar-refractivity contribution is 0.0495. The van der Waals surface area contributed by atoms with E-state index in [-0.39, 0.29) is 11.9 Å². The van der Waals surface area contributed by atoms with Crippen molar-refractivity contribution in [2.45, 2.75) is 12.8 Å². The van der Waals surface area contributed by atoms with Crippen LogP contribution in [0.15, 0.2) is 59.3 Å². The summed E-state index contributed by atoms with van der Waals surface area (Å²) < 4.78 is 10.5. The third-order valence-electron chi connectivity index (χ3n) is 3.68. The fraction of sp³-hybridized carbons (Fsp3) is 0.200. The van der Waals surface area contributed by atoms with Crippen LogP contribution in [0.2, 0.25) is 0 Å². The minimum atomic E-state index is -0.390. The molecule has 0 fully saturated rings. The Morgan fingerprint density at radius 3 is 1.46 bits per heavy atom. The molecule has 0 amide bonds. The van der Waals surface area contributed by atoms with E-state index in [1.807, 2.05) is 35.0 Å². The summed E-state index contributed by atoms with van der Waals surface area (Å²) in [6.07, 6.45) is 1.41. The number of esters is 2. The molecule has 6 heteroatoms. The molecule has 3 aromatic rings. The molecule has 2 heterocycles. The van der Waals surface area contributed by atoms with Gasteiger partial charge in [-0.15, -0.1) is 22.7 Å². The van der Waals surface area contributed by atoms with Crippen LogP contribution in [0.1, 0.15) is 30.5 Å². The van der Waals surface area contributed by atoms with E-state index in [1.54, 1.807) is 46.9 Å². The van der Waals surface area contributed by atoms with E-state index >= 15 is 0 Å².